The number of para-hydroxylation sites is 2. The van der Waals surface area contributed by atoms with Crippen molar-refractivity contribution in [3.8, 4) is 11.4 Å². The number of halogens is 3. The maximum atomic E-state index is 12.3. The summed E-state index contributed by atoms with van der Waals surface area (Å²) < 4.78 is 37.8. The number of phenols is 1. The van der Waals surface area contributed by atoms with Crippen LogP contribution in [-0.2, 0) is 6.18 Å². The van der Waals surface area contributed by atoms with Crippen molar-refractivity contribution in [3.63, 3.8) is 0 Å². The number of phenolic OH excluding ortho intramolecular Hbond substituents is 1. The fraction of sp³-hybridized carbons (Fsp3) is 0.100. The summed E-state index contributed by atoms with van der Waals surface area (Å²) in [6, 6.07) is 6.89. The monoisotopic (exact) mass is 228 g/mol. The van der Waals surface area contributed by atoms with Crippen molar-refractivity contribution in [1.82, 2.24) is 9.78 Å². The molecule has 6 heteroatoms. The minimum atomic E-state index is -4.48. The minimum absolute atomic E-state index is 0.126. The Balaban J connectivity index is 2.44. The quantitative estimate of drug-likeness (QED) is 0.814. The van der Waals surface area contributed by atoms with E-state index in [-0.39, 0.29) is 11.4 Å². The van der Waals surface area contributed by atoms with E-state index >= 15 is 0 Å². The van der Waals surface area contributed by atoms with Gasteiger partial charge in [0.25, 0.3) is 0 Å². The van der Waals surface area contributed by atoms with Crippen molar-refractivity contribution < 1.29 is 18.3 Å². The molecule has 0 aliphatic rings. The van der Waals surface area contributed by atoms with Gasteiger partial charge in [0.05, 0.1) is 0 Å². The predicted octanol–water partition coefficient (Wildman–Crippen LogP) is 2.60. The van der Waals surface area contributed by atoms with Crippen LogP contribution in [0.5, 0.6) is 5.75 Å². The summed E-state index contributed by atoms with van der Waals surface area (Å²) in [5.41, 5.74) is -0.784. The Kier molecular flexibility index (Phi) is 2.34. The number of rotatable bonds is 1. The Morgan fingerprint density at radius 3 is 2.38 bits per heavy atom. The summed E-state index contributed by atoms with van der Waals surface area (Å²) in [5.74, 6) is -0.126. The first-order valence-corrected chi connectivity index (χ1v) is 4.40. The van der Waals surface area contributed by atoms with Crippen LogP contribution in [0, 0.1) is 0 Å². The fourth-order valence-electron chi connectivity index (χ4n) is 1.27. The van der Waals surface area contributed by atoms with Crippen LogP contribution in [0.25, 0.3) is 5.69 Å². The van der Waals surface area contributed by atoms with E-state index in [2.05, 4.69) is 5.10 Å². The number of nitrogens with zero attached hydrogens (tertiary/aromatic N) is 2. The maximum Gasteiger partial charge on any atom is 0.435 e. The molecule has 0 aliphatic heterocycles. The number of aromatic hydroxyl groups is 1. The van der Waals surface area contributed by atoms with Crippen LogP contribution in [-0.4, -0.2) is 14.9 Å². The zero-order valence-electron chi connectivity index (χ0n) is 7.94. The summed E-state index contributed by atoms with van der Waals surface area (Å²) in [6.07, 6.45) is -3.33. The molecule has 1 heterocycles. The van der Waals surface area contributed by atoms with E-state index < -0.39 is 11.9 Å². The summed E-state index contributed by atoms with van der Waals surface area (Å²) in [6.45, 7) is 0. The fourth-order valence-corrected chi connectivity index (χ4v) is 1.27. The molecule has 0 unspecified atom stereocenters. The first kappa shape index (κ1) is 10.5. The van der Waals surface area contributed by atoms with Crippen molar-refractivity contribution in [3.05, 3.63) is 42.2 Å². The summed E-state index contributed by atoms with van der Waals surface area (Å²) in [5, 5.41) is 12.8. The van der Waals surface area contributed by atoms with Gasteiger partial charge >= 0.3 is 6.18 Å². The Morgan fingerprint density at radius 2 is 1.81 bits per heavy atom. The highest BCUT2D eigenvalue weighted by Crippen LogP contribution is 2.29. The van der Waals surface area contributed by atoms with Crippen molar-refractivity contribution >= 4 is 0 Å². The number of aromatic nitrogens is 2. The molecule has 0 bridgehead atoms. The minimum Gasteiger partial charge on any atom is -0.506 e. The molecule has 2 rings (SSSR count). The van der Waals surface area contributed by atoms with Crippen molar-refractivity contribution in [2.24, 2.45) is 0 Å². The average Bonchev–Trinajstić information content (AvgIpc) is 2.66. The van der Waals surface area contributed by atoms with Gasteiger partial charge in [-0.15, -0.1) is 0 Å². The maximum absolute atomic E-state index is 12.3. The molecule has 16 heavy (non-hydrogen) atoms. The van der Waals surface area contributed by atoms with Crippen LogP contribution in [0.2, 0.25) is 0 Å². The van der Waals surface area contributed by atoms with Crippen molar-refractivity contribution in [2.75, 3.05) is 0 Å². The van der Waals surface area contributed by atoms with Gasteiger partial charge in [-0.2, -0.15) is 18.3 Å². The van der Waals surface area contributed by atoms with Crippen LogP contribution in [0.1, 0.15) is 5.69 Å². The van der Waals surface area contributed by atoms with Crippen LogP contribution in [0.3, 0.4) is 0 Å². The van der Waals surface area contributed by atoms with Gasteiger partial charge in [0.15, 0.2) is 5.69 Å². The number of benzene rings is 1. The third-order valence-electron chi connectivity index (χ3n) is 2.01. The lowest BCUT2D eigenvalue weighted by Gasteiger charge is -2.04. The second kappa shape index (κ2) is 3.55. The second-order valence-corrected chi connectivity index (χ2v) is 3.13. The van der Waals surface area contributed by atoms with Crippen LogP contribution >= 0.6 is 0 Å². The molecule has 0 atom stereocenters. The van der Waals surface area contributed by atoms with E-state index in [9.17, 15) is 18.3 Å². The highest BCUT2D eigenvalue weighted by Gasteiger charge is 2.33. The molecule has 0 amide bonds. The normalized spacial score (nSPS) is 11.7. The van der Waals surface area contributed by atoms with E-state index in [1.807, 2.05) is 0 Å². The first-order chi connectivity index (χ1) is 7.48. The van der Waals surface area contributed by atoms with Gasteiger partial charge in [0.2, 0.25) is 0 Å². The highest BCUT2D eigenvalue weighted by atomic mass is 19.4. The number of alkyl halides is 3. The Morgan fingerprint density at radius 1 is 1.12 bits per heavy atom. The molecule has 1 aromatic heterocycles. The van der Waals surface area contributed by atoms with Crippen LogP contribution in [0.15, 0.2) is 36.5 Å². The van der Waals surface area contributed by atoms with E-state index in [0.717, 1.165) is 16.9 Å². The molecular weight excluding hydrogens is 221 g/mol. The Labute approximate surface area is 88.8 Å². The summed E-state index contributed by atoms with van der Waals surface area (Å²) >= 11 is 0. The molecule has 0 spiro atoms. The predicted molar refractivity (Wildman–Crippen MR) is 50.2 cm³/mol. The highest BCUT2D eigenvalue weighted by molar-refractivity contribution is 5.44. The molecule has 1 N–H and O–H groups in total. The lowest BCUT2D eigenvalue weighted by molar-refractivity contribution is -0.141. The van der Waals surface area contributed by atoms with E-state index in [0.29, 0.717) is 0 Å². The number of hydrogen-bond donors (Lipinski definition) is 1. The lowest BCUT2D eigenvalue weighted by atomic mass is 10.3. The molecule has 3 nitrogen and oxygen atoms in total. The van der Waals surface area contributed by atoms with E-state index in [4.69, 9.17) is 0 Å². The molecule has 0 fully saturated rings. The molecule has 0 saturated carbocycles. The smallest absolute Gasteiger partial charge is 0.435 e. The molecular formula is C10H7F3N2O. The van der Waals surface area contributed by atoms with Gasteiger partial charge in [0, 0.05) is 6.20 Å². The average molecular weight is 228 g/mol. The lowest BCUT2D eigenvalue weighted by Crippen LogP contribution is -2.07. The van der Waals surface area contributed by atoms with Gasteiger partial charge < -0.3 is 5.11 Å². The molecule has 84 valence electrons. The summed E-state index contributed by atoms with van der Waals surface area (Å²) in [7, 11) is 0. The van der Waals surface area contributed by atoms with E-state index in [1.54, 1.807) is 12.1 Å². The van der Waals surface area contributed by atoms with Gasteiger partial charge in [-0.3, -0.25) is 0 Å². The number of hydrogen-bond acceptors (Lipinski definition) is 2. The molecule has 0 aliphatic carbocycles. The SMILES string of the molecule is Oc1ccccc1-n1ccc(C(F)(F)F)n1. The zero-order valence-corrected chi connectivity index (χ0v) is 7.94. The van der Waals surface area contributed by atoms with Crippen LogP contribution in [0.4, 0.5) is 13.2 Å². The molecule has 0 saturated heterocycles. The van der Waals surface area contributed by atoms with Crippen molar-refractivity contribution in [2.45, 2.75) is 6.18 Å². The molecule has 1 aromatic carbocycles. The van der Waals surface area contributed by atoms with Crippen molar-refractivity contribution in [1.29, 1.82) is 0 Å². The zero-order chi connectivity index (χ0) is 11.8. The van der Waals surface area contributed by atoms with E-state index in [1.165, 1.54) is 12.1 Å². The first-order valence-electron chi connectivity index (χ1n) is 4.40. The third kappa shape index (κ3) is 1.86. The van der Waals surface area contributed by atoms with Gasteiger partial charge in [0.1, 0.15) is 11.4 Å². The Hall–Kier alpha value is -1.98. The third-order valence-corrected chi connectivity index (χ3v) is 2.01. The van der Waals surface area contributed by atoms with Crippen LogP contribution < -0.4 is 0 Å². The largest absolute Gasteiger partial charge is 0.506 e. The van der Waals surface area contributed by atoms with Gasteiger partial charge in [-0.05, 0) is 18.2 Å². The standard InChI is InChI=1S/C10H7F3N2O/c11-10(12,13)9-5-6-15(14-9)7-3-1-2-4-8(7)16/h1-6,16H. The van der Waals surface area contributed by atoms with Gasteiger partial charge in [-0.25, -0.2) is 4.68 Å². The summed E-state index contributed by atoms with van der Waals surface area (Å²) in [4.78, 5) is 0. The molecule has 2 aromatic rings. The molecule has 0 radical (unpaired) electrons. The topological polar surface area (TPSA) is 38.0 Å². The second-order valence-electron chi connectivity index (χ2n) is 3.13. The Bertz CT molecular complexity index is 505. The van der Waals surface area contributed by atoms with Gasteiger partial charge in [-0.1, -0.05) is 12.1 Å².